The largest absolute Gasteiger partial charge is 0.497 e. The lowest BCUT2D eigenvalue weighted by atomic mass is 10.1. The maximum Gasteiger partial charge on any atom is 0.281 e. The summed E-state index contributed by atoms with van der Waals surface area (Å²) < 4.78 is 6.64. The van der Waals surface area contributed by atoms with E-state index in [2.05, 4.69) is 17.0 Å². The summed E-state index contributed by atoms with van der Waals surface area (Å²) in [6.07, 6.45) is 0. The zero-order valence-corrected chi connectivity index (χ0v) is 18.8. The van der Waals surface area contributed by atoms with Gasteiger partial charge in [-0.2, -0.15) is 5.10 Å². The molecule has 2 aromatic carbocycles. The summed E-state index contributed by atoms with van der Waals surface area (Å²) in [4.78, 5) is 26.3. The Morgan fingerprint density at radius 3 is 2.27 bits per heavy atom. The maximum absolute atomic E-state index is 13.5. The summed E-state index contributed by atoms with van der Waals surface area (Å²) in [6.45, 7) is 5.21. The topological polar surface area (TPSA) is 109 Å². The number of nitrogens with one attached hydrogen (secondary N) is 1. The molecule has 10 heteroatoms. The second-order valence-electron chi connectivity index (χ2n) is 7.95. The smallest absolute Gasteiger partial charge is 0.281 e. The molecular weight excluding hydrogens is 424 g/mol. The monoisotopic (exact) mass is 450 g/mol. The molecule has 0 atom stereocenters. The lowest BCUT2D eigenvalue weighted by molar-refractivity contribution is -0.384. The number of hydrogen-bond acceptors (Lipinski definition) is 7. The van der Waals surface area contributed by atoms with Gasteiger partial charge < -0.3 is 9.64 Å². The van der Waals surface area contributed by atoms with Crippen LogP contribution in [0, 0.1) is 10.1 Å². The molecule has 0 saturated carbocycles. The van der Waals surface area contributed by atoms with Crippen molar-refractivity contribution in [1.29, 1.82) is 0 Å². The first-order chi connectivity index (χ1) is 15.9. The molecule has 33 heavy (non-hydrogen) atoms. The number of aromatic amines is 1. The van der Waals surface area contributed by atoms with Crippen LogP contribution in [0.3, 0.4) is 0 Å². The van der Waals surface area contributed by atoms with E-state index in [4.69, 9.17) is 9.84 Å². The number of nitrogens with zero attached hydrogens (tertiary/aromatic N) is 5. The quantitative estimate of drug-likeness (QED) is 0.351. The summed E-state index contributed by atoms with van der Waals surface area (Å²) in [6, 6.07) is 13.2. The van der Waals surface area contributed by atoms with E-state index in [0.29, 0.717) is 28.4 Å². The average Bonchev–Trinajstić information content (AvgIpc) is 3.17. The van der Waals surface area contributed by atoms with Gasteiger partial charge in [-0.3, -0.25) is 25.0 Å². The second kappa shape index (κ2) is 9.29. The lowest BCUT2D eigenvalue weighted by Crippen LogP contribution is -2.42. The number of hydrazone groups is 1. The van der Waals surface area contributed by atoms with Gasteiger partial charge in [0.05, 0.1) is 34.7 Å². The Bertz CT molecular complexity index is 1220. The Morgan fingerprint density at radius 1 is 1.06 bits per heavy atom. The normalized spacial score (nSPS) is 15.0. The van der Waals surface area contributed by atoms with Crippen LogP contribution in [0.1, 0.15) is 12.5 Å². The highest BCUT2D eigenvalue weighted by molar-refractivity contribution is 6.03. The van der Waals surface area contributed by atoms with Crippen LogP contribution >= 0.6 is 0 Å². The summed E-state index contributed by atoms with van der Waals surface area (Å²) in [5.41, 5.74) is 2.67. The summed E-state index contributed by atoms with van der Waals surface area (Å²) in [5.74, 6) is 0.709. The third-order valence-electron chi connectivity index (χ3n) is 5.72. The van der Waals surface area contributed by atoms with Crippen LogP contribution in [0.15, 0.2) is 58.4 Å². The Labute approximate surface area is 190 Å². The summed E-state index contributed by atoms with van der Waals surface area (Å²) in [7, 11) is 3.67. The van der Waals surface area contributed by atoms with E-state index in [0.717, 1.165) is 31.7 Å². The van der Waals surface area contributed by atoms with E-state index < -0.39 is 4.92 Å². The Kier molecular flexibility index (Phi) is 6.27. The SMILES string of the molecule is COc1ccc(-c2[nH]n(-c3ccc([N+](=O)[O-])cc3)c(=O)c2/C(C)=N/N2CCN(C)CC2)cc1. The number of piperazine rings is 1. The number of non-ortho nitro benzene ring substituents is 1. The average molecular weight is 450 g/mol. The predicted molar refractivity (Wildman–Crippen MR) is 126 cm³/mol. The Morgan fingerprint density at radius 2 is 1.70 bits per heavy atom. The molecule has 0 radical (unpaired) electrons. The molecule has 4 rings (SSSR count). The van der Waals surface area contributed by atoms with Crippen molar-refractivity contribution in [3.05, 3.63) is 74.6 Å². The standard InChI is InChI=1S/C23H26N6O4/c1-16(24-27-14-12-26(2)13-15-27)21-22(17-4-10-20(33-3)11-5-17)25-28(23(21)30)18-6-8-19(9-7-18)29(31)32/h4-11,25H,12-15H2,1-3H3/b24-16+. The lowest BCUT2D eigenvalue weighted by Gasteiger charge is -2.30. The number of nitro benzene ring substituents is 1. The van der Waals surface area contributed by atoms with E-state index in [-0.39, 0.29) is 11.2 Å². The number of methoxy groups -OCH3 is 1. The predicted octanol–water partition coefficient (Wildman–Crippen LogP) is 2.72. The molecule has 1 aliphatic rings. The first kappa shape index (κ1) is 22.3. The number of rotatable bonds is 6. The minimum absolute atomic E-state index is 0.0400. The number of benzene rings is 2. The van der Waals surface area contributed by atoms with Gasteiger partial charge in [-0.1, -0.05) is 0 Å². The highest BCUT2D eigenvalue weighted by atomic mass is 16.6. The fraction of sp³-hybridized carbons (Fsp3) is 0.304. The fourth-order valence-corrected chi connectivity index (χ4v) is 3.80. The van der Waals surface area contributed by atoms with Crippen LogP contribution in [0.5, 0.6) is 5.75 Å². The van der Waals surface area contributed by atoms with Crippen LogP contribution in [-0.2, 0) is 0 Å². The molecule has 1 fully saturated rings. The molecular formula is C23H26N6O4. The van der Waals surface area contributed by atoms with Crippen molar-refractivity contribution in [1.82, 2.24) is 19.7 Å². The van der Waals surface area contributed by atoms with E-state index in [1.165, 1.54) is 16.8 Å². The van der Waals surface area contributed by atoms with Gasteiger partial charge in [0.25, 0.3) is 11.2 Å². The molecule has 172 valence electrons. The molecule has 0 spiro atoms. The van der Waals surface area contributed by atoms with E-state index >= 15 is 0 Å². The number of likely N-dealkylation sites (N-methyl/N-ethyl adjacent to an activating group) is 1. The number of H-pyrrole nitrogens is 1. The van der Waals surface area contributed by atoms with Crippen LogP contribution < -0.4 is 10.3 Å². The zero-order chi connectivity index (χ0) is 23.5. The molecule has 10 nitrogen and oxygen atoms in total. The third-order valence-corrected chi connectivity index (χ3v) is 5.72. The third kappa shape index (κ3) is 4.65. The van der Waals surface area contributed by atoms with Crippen molar-refractivity contribution in [3.8, 4) is 22.7 Å². The van der Waals surface area contributed by atoms with Gasteiger partial charge in [0.2, 0.25) is 0 Å². The molecule has 0 unspecified atom stereocenters. The van der Waals surface area contributed by atoms with Crippen molar-refractivity contribution >= 4 is 11.4 Å². The first-order valence-corrected chi connectivity index (χ1v) is 10.6. The molecule has 2 heterocycles. The molecule has 0 aliphatic carbocycles. The summed E-state index contributed by atoms with van der Waals surface area (Å²) in [5, 5.41) is 20.9. The zero-order valence-electron chi connectivity index (χ0n) is 18.8. The molecule has 3 aromatic rings. The van der Waals surface area contributed by atoms with Crippen LogP contribution in [0.25, 0.3) is 16.9 Å². The van der Waals surface area contributed by atoms with E-state index in [9.17, 15) is 14.9 Å². The first-order valence-electron chi connectivity index (χ1n) is 10.6. The maximum atomic E-state index is 13.5. The number of nitro groups is 1. The van der Waals surface area contributed by atoms with Crippen LogP contribution in [0.4, 0.5) is 5.69 Å². The van der Waals surface area contributed by atoms with Crippen molar-refractivity contribution in [3.63, 3.8) is 0 Å². The van der Waals surface area contributed by atoms with Gasteiger partial charge in [0.15, 0.2) is 0 Å². The van der Waals surface area contributed by atoms with E-state index in [1.807, 2.05) is 36.2 Å². The summed E-state index contributed by atoms with van der Waals surface area (Å²) >= 11 is 0. The minimum Gasteiger partial charge on any atom is -0.497 e. The molecule has 1 N–H and O–H groups in total. The molecule has 0 amide bonds. The molecule has 1 aliphatic heterocycles. The molecule has 1 aromatic heterocycles. The van der Waals surface area contributed by atoms with Gasteiger partial charge in [-0.25, -0.2) is 4.68 Å². The van der Waals surface area contributed by atoms with Crippen LogP contribution in [0.2, 0.25) is 0 Å². The van der Waals surface area contributed by atoms with Gasteiger partial charge >= 0.3 is 0 Å². The number of aromatic nitrogens is 2. The fourth-order valence-electron chi connectivity index (χ4n) is 3.80. The minimum atomic E-state index is -0.470. The van der Waals surface area contributed by atoms with Gasteiger partial charge in [-0.15, -0.1) is 0 Å². The van der Waals surface area contributed by atoms with Gasteiger partial charge in [0.1, 0.15) is 5.75 Å². The van der Waals surface area contributed by atoms with Crippen molar-refractivity contribution in [2.24, 2.45) is 5.10 Å². The van der Waals surface area contributed by atoms with Crippen LogP contribution in [-0.4, -0.2) is 70.7 Å². The Balaban J connectivity index is 1.80. The number of hydrogen-bond donors (Lipinski definition) is 1. The van der Waals surface area contributed by atoms with Gasteiger partial charge in [-0.05, 0) is 50.4 Å². The highest BCUT2D eigenvalue weighted by Gasteiger charge is 2.21. The highest BCUT2D eigenvalue weighted by Crippen LogP contribution is 2.25. The molecule has 0 bridgehead atoms. The Hall–Kier alpha value is -3.92. The van der Waals surface area contributed by atoms with Crippen molar-refractivity contribution in [2.45, 2.75) is 6.92 Å². The second-order valence-corrected chi connectivity index (χ2v) is 7.95. The molecule has 1 saturated heterocycles. The van der Waals surface area contributed by atoms with Crippen molar-refractivity contribution in [2.75, 3.05) is 40.3 Å². The van der Waals surface area contributed by atoms with E-state index in [1.54, 1.807) is 19.2 Å². The van der Waals surface area contributed by atoms with Gasteiger partial charge in [0, 0.05) is 43.9 Å². The van der Waals surface area contributed by atoms with Crippen molar-refractivity contribution < 1.29 is 9.66 Å². The number of ether oxygens (including phenoxy) is 1.